The van der Waals surface area contributed by atoms with E-state index in [1.54, 1.807) is 0 Å². The second-order valence-electron chi connectivity index (χ2n) is 2.23. The molecule has 0 fully saturated rings. The van der Waals surface area contributed by atoms with Crippen molar-refractivity contribution in [2.45, 2.75) is 6.43 Å². The average molecular weight is 174 g/mol. The SMILES string of the molecule is Nc1cnc(N)c(C(F)F)c1N. The number of aromatic nitrogens is 1. The molecule has 6 heteroatoms. The van der Waals surface area contributed by atoms with Gasteiger partial charge in [-0.2, -0.15) is 0 Å². The minimum atomic E-state index is -2.75. The molecule has 1 aromatic heterocycles. The van der Waals surface area contributed by atoms with Crippen LogP contribution in [0.3, 0.4) is 0 Å². The van der Waals surface area contributed by atoms with Crippen molar-refractivity contribution >= 4 is 17.2 Å². The van der Waals surface area contributed by atoms with Gasteiger partial charge in [-0.05, 0) is 0 Å². The van der Waals surface area contributed by atoms with Crippen molar-refractivity contribution in [1.29, 1.82) is 0 Å². The van der Waals surface area contributed by atoms with Gasteiger partial charge in [-0.3, -0.25) is 0 Å². The van der Waals surface area contributed by atoms with E-state index in [1.165, 1.54) is 0 Å². The van der Waals surface area contributed by atoms with Crippen molar-refractivity contribution in [1.82, 2.24) is 4.98 Å². The van der Waals surface area contributed by atoms with Crippen LogP contribution < -0.4 is 17.2 Å². The zero-order valence-corrected chi connectivity index (χ0v) is 6.09. The Kier molecular flexibility index (Phi) is 1.99. The second-order valence-corrected chi connectivity index (χ2v) is 2.23. The molecule has 4 nitrogen and oxygen atoms in total. The van der Waals surface area contributed by atoms with Crippen molar-refractivity contribution in [2.24, 2.45) is 0 Å². The normalized spacial score (nSPS) is 10.6. The number of hydrogen-bond donors (Lipinski definition) is 3. The van der Waals surface area contributed by atoms with Crippen LogP contribution in [-0.2, 0) is 0 Å². The number of hydrogen-bond acceptors (Lipinski definition) is 4. The van der Waals surface area contributed by atoms with E-state index in [0.717, 1.165) is 6.20 Å². The molecule has 0 amide bonds. The highest BCUT2D eigenvalue weighted by molar-refractivity contribution is 5.71. The van der Waals surface area contributed by atoms with Crippen LogP contribution in [0.1, 0.15) is 12.0 Å². The lowest BCUT2D eigenvalue weighted by Crippen LogP contribution is -2.06. The van der Waals surface area contributed by atoms with Crippen LogP contribution in [0.5, 0.6) is 0 Å². The molecule has 0 spiro atoms. The van der Waals surface area contributed by atoms with Gasteiger partial charge in [0.2, 0.25) is 0 Å². The highest BCUT2D eigenvalue weighted by atomic mass is 19.3. The van der Waals surface area contributed by atoms with Crippen LogP contribution in [0.25, 0.3) is 0 Å². The van der Waals surface area contributed by atoms with Gasteiger partial charge in [0.15, 0.2) is 0 Å². The molecule has 0 saturated carbocycles. The topological polar surface area (TPSA) is 90.9 Å². The molecule has 12 heavy (non-hydrogen) atoms. The molecule has 0 radical (unpaired) electrons. The van der Waals surface area contributed by atoms with E-state index < -0.39 is 12.0 Å². The fourth-order valence-electron chi connectivity index (χ4n) is 0.801. The Morgan fingerprint density at radius 1 is 1.25 bits per heavy atom. The molecule has 1 aromatic rings. The number of rotatable bonds is 1. The number of anilines is 3. The first kappa shape index (κ1) is 8.51. The van der Waals surface area contributed by atoms with Gasteiger partial charge in [0.1, 0.15) is 5.82 Å². The third kappa shape index (κ3) is 1.23. The third-order valence-electron chi connectivity index (χ3n) is 1.44. The summed E-state index contributed by atoms with van der Waals surface area (Å²) in [7, 11) is 0. The van der Waals surface area contributed by atoms with Crippen LogP contribution >= 0.6 is 0 Å². The number of nitrogens with zero attached hydrogens (tertiary/aromatic N) is 1. The molecule has 0 bridgehead atoms. The van der Waals surface area contributed by atoms with Gasteiger partial charge in [0.05, 0.1) is 23.1 Å². The smallest absolute Gasteiger partial charge is 0.269 e. The maximum atomic E-state index is 12.2. The van der Waals surface area contributed by atoms with E-state index in [2.05, 4.69) is 4.98 Å². The van der Waals surface area contributed by atoms with E-state index in [-0.39, 0.29) is 17.2 Å². The molecule has 1 rings (SSSR count). The largest absolute Gasteiger partial charge is 0.397 e. The Hall–Kier alpha value is -1.59. The Balaban J connectivity index is 3.33. The Labute approximate surface area is 67.4 Å². The van der Waals surface area contributed by atoms with Gasteiger partial charge in [0.25, 0.3) is 6.43 Å². The van der Waals surface area contributed by atoms with Crippen LogP contribution in [0.15, 0.2) is 6.20 Å². The Morgan fingerprint density at radius 3 is 2.25 bits per heavy atom. The minimum Gasteiger partial charge on any atom is -0.397 e. The van der Waals surface area contributed by atoms with Gasteiger partial charge in [-0.25, -0.2) is 13.8 Å². The molecule has 0 aromatic carbocycles. The fourth-order valence-corrected chi connectivity index (χ4v) is 0.801. The van der Waals surface area contributed by atoms with Crippen LogP contribution in [-0.4, -0.2) is 4.98 Å². The number of halogens is 2. The molecular formula is C6H8F2N4. The maximum Gasteiger partial charge on any atom is 0.269 e. The summed E-state index contributed by atoms with van der Waals surface area (Å²) in [5.74, 6) is -0.281. The molecule has 0 saturated heterocycles. The van der Waals surface area contributed by atoms with Crippen molar-refractivity contribution in [3.8, 4) is 0 Å². The highest BCUT2D eigenvalue weighted by Gasteiger charge is 2.17. The van der Waals surface area contributed by atoms with Gasteiger partial charge in [0, 0.05) is 0 Å². The van der Waals surface area contributed by atoms with Crippen LogP contribution in [0, 0.1) is 0 Å². The molecule has 0 atom stereocenters. The van der Waals surface area contributed by atoms with E-state index in [0.29, 0.717) is 0 Å². The van der Waals surface area contributed by atoms with Crippen molar-refractivity contribution in [2.75, 3.05) is 17.2 Å². The summed E-state index contributed by atoms with van der Waals surface area (Å²) in [6, 6.07) is 0. The lowest BCUT2D eigenvalue weighted by atomic mass is 10.2. The molecule has 1 heterocycles. The molecule has 0 aliphatic heterocycles. The maximum absolute atomic E-state index is 12.2. The van der Waals surface area contributed by atoms with Crippen molar-refractivity contribution < 1.29 is 8.78 Å². The molecule has 66 valence electrons. The summed E-state index contributed by atoms with van der Waals surface area (Å²) in [5, 5.41) is 0. The Morgan fingerprint density at radius 2 is 1.83 bits per heavy atom. The molecular weight excluding hydrogens is 166 g/mol. The molecule has 6 N–H and O–H groups in total. The van der Waals surface area contributed by atoms with Crippen LogP contribution in [0.4, 0.5) is 26.0 Å². The summed E-state index contributed by atoms with van der Waals surface area (Å²) >= 11 is 0. The predicted molar refractivity (Wildman–Crippen MR) is 42.4 cm³/mol. The van der Waals surface area contributed by atoms with E-state index in [1.807, 2.05) is 0 Å². The number of alkyl halides is 2. The Bertz CT molecular complexity index is 300. The summed E-state index contributed by atoms with van der Waals surface area (Å²) in [6.45, 7) is 0. The first-order chi connectivity index (χ1) is 5.54. The number of pyridine rings is 1. The minimum absolute atomic E-state index is 0.0134. The average Bonchev–Trinajstić information content (AvgIpc) is 1.97. The highest BCUT2D eigenvalue weighted by Crippen LogP contribution is 2.32. The summed E-state index contributed by atoms with van der Waals surface area (Å²) in [6.07, 6.45) is -1.60. The standard InChI is InChI=1S/C6H8F2N4/c7-5(8)3-4(10)2(9)1-12-6(3)11/h1,5H,9H2,(H4,10,11,12). The number of nitrogen functional groups attached to an aromatic ring is 3. The lowest BCUT2D eigenvalue weighted by molar-refractivity contribution is 0.153. The monoisotopic (exact) mass is 174 g/mol. The van der Waals surface area contributed by atoms with Crippen molar-refractivity contribution in [3.05, 3.63) is 11.8 Å². The van der Waals surface area contributed by atoms with Gasteiger partial charge >= 0.3 is 0 Å². The first-order valence-corrected chi connectivity index (χ1v) is 3.11. The van der Waals surface area contributed by atoms with Gasteiger partial charge < -0.3 is 17.2 Å². The van der Waals surface area contributed by atoms with Gasteiger partial charge in [-0.15, -0.1) is 0 Å². The molecule has 0 aliphatic carbocycles. The first-order valence-electron chi connectivity index (χ1n) is 3.11. The third-order valence-corrected chi connectivity index (χ3v) is 1.44. The quantitative estimate of drug-likeness (QED) is 0.586. The van der Waals surface area contributed by atoms with Crippen molar-refractivity contribution in [3.63, 3.8) is 0 Å². The zero-order valence-electron chi connectivity index (χ0n) is 6.09. The van der Waals surface area contributed by atoms with Gasteiger partial charge in [-0.1, -0.05) is 0 Å². The van der Waals surface area contributed by atoms with Crippen LogP contribution in [0.2, 0.25) is 0 Å². The van der Waals surface area contributed by atoms with E-state index in [9.17, 15) is 8.78 Å². The second kappa shape index (κ2) is 2.80. The fraction of sp³-hybridized carbons (Fsp3) is 0.167. The zero-order chi connectivity index (χ0) is 9.30. The number of nitrogens with two attached hydrogens (primary N) is 3. The summed E-state index contributed by atoms with van der Waals surface area (Å²) in [4.78, 5) is 3.45. The predicted octanol–water partition coefficient (Wildman–Crippen LogP) is 0.766. The summed E-state index contributed by atoms with van der Waals surface area (Å²) in [5.41, 5.74) is 15.0. The molecule has 0 aliphatic rings. The molecule has 0 unspecified atom stereocenters. The van der Waals surface area contributed by atoms with E-state index >= 15 is 0 Å². The summed E-state index contributed by atoms with van der Waals surface area (Å²) < 4.78 is 24.4. The van der Waals surface area contributed by atoms with E-state index in [4.69, 9.17) is 17.2 Å². The lowest BCUT2D eigenvalue weighted by Gasteiger charge is -2.08.